The van der Waals surface area contributed by atoms with Crippen LogP contribution in [0.5, 0.6) is 11.5 Å². The number of benzene rings is 6. The molecule has 0 unspecified atom stereocenters. The zero-order chi connectivity index (χ0) is 54.3. The molecule has 2 aromatic heterocycles. The second-order valence-electron chi connectivity index (χ2n) is 18.9. The number of rotatable bonds is 29. The fraction of sp³-hybridized carbons (Fsp3) is 0.250. The Labute approximate surface area is 465 Å². The number of nitrogens with zero attached hydrogens (tertiary/aromatic N) is 4. The summed E-state index contributed by atoms with van der Waals surface area (Å²) in [5, 5.41) is 5.80. The molecule has 0 fully saturated rings. The van der Waals surface area contributed by atoms with Gasteiger partial charge in [-0.25, -0.2) is 9.97 Å². The average molecular weight is 1080 g/mol. The van der Waals surface area contributed by atoms with Crippen molar-refractivity contribution >= 4 is 57.7 Å². The SMILES string of the molecule is CCCCOc1ccc(-c2cccc(/C=C/C(=O)Nc3ccc([S@@+]([O-])Cc4cncn4CCCCCCCOc4ccc(-c5cccc(/C=C/C(=O)Nc6ccc([S@+]([O-])Cc7cncn7CCC)cc6)c5)cc4)cc3)c2)cc1. The first-order chi connectivity index (χ1) is 38.2. The Balaban J connectivity index is 0.692. The summed E-state index contributed by atoms with van der Waals surface area (Å²) in [7, 11) is 0. The van der Waals surface area contributed by atoms with Crippen molar-refractivity contribution < 1.29 is 28.2 Å². The molecule has 0 aliphatic rings. The van der Waals surface area contributed by atoms with Crippen molar-refractivity contribution in [3.8, 4) is 33.8 Å². The molecular weight excluding hydrogens is 1010 g/mol. The van der Waals surface area contributed by atoms with Gasteiger partial charge in [-0.2, -0.15) is 0 Å². The lowest BCUT2D eigenvalue weighted by Gasteiger charge is -2.13. The van der Waals surface area contributed by atoms with Crippen molar-refractivity contribution in [1.82, 2.24) is 19.1 Å². The number of carbonyl (C=O) groups is 2. The van der Waals surface area contributed by atoms with Crippen LogP contribution in [0.15, 0.2) is 193 Å². The highest BCUT2D eigenvalue weighted by Crippen LogP contribution is 2.27. The number of nitrogens with one attached hydrogen (secondary N) is 2. The van der Waals surface area contributed by atoms with E-state index in [0.717, 1.165) is 121 Å². The van der Waals surface area contributed by atoms with Gasteiger partial charge in [0, 0.05) is 36.6 Å². The molecule has 0 radical (unpaired) electrons. The molecule has 2 amide bonds. The highest BCUT2D eigenvalue weighted by molar-refractivity contribution is 7.91. The molecule has 402 valence electrons. The summed E-state index contributed by atoms with van der Waals surface area (Å²) in [6.07, 6.45) is 22.0. The highest BCUT2D eigenvalue weighted by atomic mass is 32.2. The maximum atomic E-state index is 13.4. The molecule has 14 heteroatoms. The summed E-state index contributed by atoms with van der Waals surface area (Å²) in [5.41, 5.74) is 9.14. The third-order valence-electron chi connectivity index (χ3n) is 13.0. The largest absolute Gasteiger partial charge is 0.611 e. The number of unbranched alkanes of at least 4 members (excludes halogenated alkanes) is 5. The number of ether oxygens (including phenoxy) is 2. The minimum absolute atomic E-state index is 0.251. The molecule has 0 spiro atoms. The van der Waals surface area contributed by atoms with Gasteiger partial charge in [0.25, 0.3) is 0 Å². The predicted molar refractivity (Wildman–Crippen MR) is 316 cm³/mol. The summed E-state index contributed by atoms with van der Waals surface area (Å²) in [5.74, 6) is 1.92. The fourth-order valence-electron chi connectivity index (χ4n) is 8.68. The van der Waals surface area contributed by atoms with Crippen molar-refractivity contribution in [1.29, 1.82) is 0 Å². The molecule has 0 bridgehead atoms. The molecule has 2 N–H and O–H groups in total. The summed E-state index contributed by atoms with van der Waals surface area (Å²) in [6, 6.07) is 46.5. The Hall–Kier alpha value is -7.62. The summed E-state index contributed by atoms with van der Waals surface area (Å²) in [4.78, 5) is 35.6. The van der Waals surface area contributed by atoms with Crippen LogP contribution >= 0.6 is 0 Å². The van der Waals surface area contributed by atoms with Crippen LogP contribution in [0, 0.1) is 0 Å². The Morgan fingerprint density at radius 1 is 0.513 bits per heavy atom. The Morgan fingerprint density at radius 2 is 0.962 bits per heavy atom. The van der Waals surface area contributed by atoms with Gasteiger partial charge < -0.3 is 38.3 Å². The third-order valence-corrected chi connectivity index (χ3v) is 15.7. The van der Waals surface area contributed by atoms with E-state index in [2.05, 4.69) is 39.0 Å². The number of hydrogen-bond acceptors (Lipinski definition) is 8. The molecule has 0 aliphatic heterocycles. The van der Waals surface area contributed by atoms with E-state index in [0.29, 0.717) is 45.9 Å². The molecule has 6 aromatic carbocycles. The van der Waals surface area contributed by atoms with Crippen LogP contribution < -0.4 is 20.1 Å². The first kappa shape index (κ1) is 56.6. The monoisotopic (exact) mass is 1080 g/mol. The second kappa shape index (κ2) is 29.8. The van der Waals surface area contributed by atoms with E-state index in [1.54, 1.807) is 79.4 Å². The number of carbonyl (C=O) groups excluding carboxylic acids is 2. The van der Waals surface area contributed by atoms with Crippen LogP contribution in [0.25, 0.3) is 34.4 Å². The van der Waals surface area contributed by atoms with Gasteiger partial charge in [0.05, 0.1) is 49.6 Å². The predicted octanol–water partition coefficient (Wildman–Crippen LogP) is 14.0. The first-order valence-corrected chi connectivity index (χ1v) is 29.4. The molecular formula is C64H68N6O6S2. The van der Waals surface area contributed by atoms with Crippen molar-refractivity contribution in [3.05, 3.63) is 205 Å². The maximum Gasteiger partial charge on any atom is 0.248 e. The standard InChI is InChI=1S/C64H68N6O6S2/c1-3-5-39-75-59-27-19-51(20-28-59)53-15-11-13-49(41-53)17-35-64(72)68-56-25-33-62(34-26-56)78(74)46-58-44-66-48-70(58)38-9-7-6-8-10-40-76-60-29-21-52(22-30-60)54-16-12-14-50(42-54)18-36-63(71)67-55-23-31-61(32-24-55)77(73)45-57-43-65-47-69(57)37-4-2/h11-36,41-44,47-48H,3-10,37-40,45-46H2,1-2H3,(H,67,71)(H,68,72)/b35-17+,36-18+/t77-,78+/m1/s1. The highest BCUT2D eigenvalue weighted by Gasteiger charge is 2.17. The van der Waals surface area contributed by atoms with E-state index in [-0.39, 0.29) is 11.8 Å². The maximum absolute atomic E-state index is 13.4. The number of anilines is 2. The third kappa shape index (κ3) is 17.5. The van der Waals surface area contributed by atoms with E-state index in [4.69, 9.17) is 9.47 Å². The molecule has 78 heavy (non-hydrogen) atoms. The molecule has 8 aromatic rings. The molecule has 2 heterocycles. The zero-order valence-corrected chi connectivity index (χ0v) is 46.1. The van der Waals surface area contributed by atoms with Gasteiger partial charge in [0.2, 0.25) is 11.8 Å². The van der Waals surface area contributed by atoms with Crippen LogP contribution in [0.4, 0.5) is 11.4 Å². The van der Waals surface area contributed by atoms with Crippen molar-refractivity contribution in [3.63, 3.8) is 0 Å². The minimum Gasteiger partial charge on any atom is -0.611 e. The molecule has 2 atom stereocenters. The first-order valence-electron chi connectivity index (χ1n) is 26.8. The van der Waals surface area contributed by atoms with Gasteiger partial charge in [0.15, 0.2) is 21.3 Å². The number of aromatic nitrogens is 4. The number of imidazole rings is 2. The fourth-order valence-corrected chi connectivity index (χ4v) is 10.9. The van der Waals surface area contributed by atoms with Gasteiger partial charge in [0.1, 0.15) is 11.5 Å². The average Bonchev–Trinajstić information content (AvgIpc) is 4.11. The molecule has 0 saturated carbocycles. The lowest BCUT2D eigenvalue weighted by molar-refractivity contribution is -0.112. The summed E-state index contributed by atoms with van der Waals surface area (Å²) >= 11 is -2.50. The topological polar surface area (TPSA) is 158 Å². The summed E-state index contributed by atoms with van der Waals surface area (Å²) in [6.45, 7) is 7.25. The molecule has 0 aliphatic carbocycles. The lowest BCUT2D eigenvalue weighted by Crippen LogP contribution is -2.11. The number of aryl methyl sites for hydroxylation is 2. The molecule has 12 nitrogen and oxygen atoms in total. The van der Waals surface area contributed by atoms with Gasteiger partial charge in [-0.1, -0.05) is 100 Å². The van der Waals surface area contributed by atoms with Crippen LogP contribution in [0.1, 0.15) is 87.7 Å². The Morgan fingerprint density at radius 3 is 1.44 bits per heavy atom. The van der Waals surface area contributed by atoms with Crippen LogP contribution in [0.3, 0.4) is 0 Å². The van der Waals surface area contributed by atoms with Gasteiger partial charge >= 0.3 is 0 Å². The van der Waals surface area contributed by atoms with Crippen molar-refractivity contribution in [2.75, 3.05) is 23.8 Å². The normalized spacial score (nSPS) is 12.2. The lowest BCUT2D eigenvalue weighted by atomic mass is 10.0. The minimum atomic E-state index is -1.28. The Kier molecular flexibility index (Phi) is 21.6. The van der Waals surface area contributed by atoms with Gasteiger partial charge in [-0.15, -0.1) is 0 Å². The summed E-state index contributed by atoms with van der Waals surface area (Å²) < 4.78 is 42.4. The van der Waals surface area contributed by atoms with Crippen molar-refractivity contribution in [2.45, 2.75) is 99.6 Å². The van der Waals surface area contributed by atoms with Gasteiger partial charge in [-0.3, -0.25) is 9.59 Å². The van der Waals surface area contributed by atoms with E-state index < -0.39 is 22.4 Å². The smallest absolute Gasteiger partial charge is 0.248 e. The van der Waals surface area contributed by atoms with E-state index in [1.807, 2.05) is 108 Å². The van der Waals surface area contributed by atoms with E-state index in [9.17, 15) is 18.7 Å². The number of amides is 2. The quantitative estimate of drug-likeness (QED) is 0.0266. The van der Waals surface area contributed by atoms with Crippen LogP contribution in [-0.4, -0.2) is 53.2 Å². The second-order valence-corrected chi connectivity index (χ2v) is 21.9. The van der Waals surface area contributed by atoms with Crippen LogP contribution in [0.2, 0.25) is 0 Å². The number of hydrogen-bond donors (Lipinski definition) is 2. The van der Waals surface area contributed by atoms with Crippen LogP contribution in [-0.2, 0) is 56.5 Å². The molecule has 0 saturated heterocycles. The van der Waals surface area contributed by atoms with E-state index >= 15 is 0 Å². The molecule has 8 rings (SSSR count). The Bertz CT molecular complexity index is 3190. The van der Waals surface area contributed by atoms with E-state index in [1.165, 1.54) is 12.2 Å². The van der Waals surface area contributed by atoms with Gasteiger partial charge in [-0.05, 0) is 178 Å². The van der Waals surface area contributed by atoms with Crippen molar-refractivity contribution in [2.24, 2.45) is 0 Å². The zero-order valence-electron chi connectivity index (χ0n) is 44.4.